The van der Waals surface area contributed by atoms with E-state index >= 15 is 0 Å². The van der Waals surface area contributed by atoms with Crippen LogP contribution in [0.15, 0.2) is 36.7 Å². The molecule has 0 unspecified atom stereocenters. The standard InChI is InChI=1S/C13H9F3N4O2/c1-21-12-19-18-11-6-17-10(7-20(11)12)8-2-4-9(5-3-8)22-13(14,15)16/h2-7H,1H3. The van der Waals surface area contributed by atoms with Crippen LogP contribution in [-0.2, 0) is 0 Å². The lowest BCUT2D eigenvalue weighted by Gasteiger charge is -2.09. The second kappa shape index (κ2) is 5.17. The number of alkyl halides is 3. The molecule has 0 atom stereocenters. The van der Waals surface area contributed by atoms with Gasteiger partial charge < -0.3 is 9.47 Å². The van der Waals surface area contributed by atoms with Crippen LogP contribution in [0.2, 0.25) is 0 Å². The third-order valence-corrected chi connectivity index (χ3v) is 2.83. The number of rotatable bonds is 3. The van der Waals surface area contributed by atoms with Crippen LogP contribution in [0.25, 0.3) is 16.9 Å². The second-order valence-electron chi connectivity index (χ2n) is 4.26. The molecule has 1 aromatic carbocycles. The Morgan fingerprint density at radius 3 is 2.45 bits per heavy atom. The summed E-state index contributed by atoms with van der Waals surface area (Å²) in [5.41, 5.74) is 1.65. The molecule has 0 saturated carbocycles. The van der Waals surface area contributed by atoms with Crippen LogP contribution < -0.4 is 9.47 Å². The highest BCUT2D eigenvalue weighted by Gasteiger charge is 2.30. The van der Waals surface area contributed by atoms with Crippen LogP contribution in [-0.4, -0.2) is 33.1 Å². The molecule has 6 nitrogen and oxygen atoms in total. The molecule has 0 aliphatic rings. The van der Waals surface area contributed by atoms with Crippen molar-refractivity contribution in [3.63, 3.8) is 0 Å². The van der Waals surface area contributed by atoms with Crippen molar-refractivity contribution in [2.75, 3.05) is 7.11 Å². The van der Waals surface area contributed by atoms with Crippen LogP contribution in [0.5, 0.6) is 11.8 Å². The summed E-state index contributed by atoms with van der Waals surface area (Å²) in [6, 6.07) is 5.68. The number of hydrogen-bond donors (Lipinski definition) is 0. The average Bonchev–Trinajstić information content (AvgIpc) is 2.88. The van der Waals surface area contributed by atoms with Gasteiger partial charge in [-0.15, -0.1) is 18.3 Å². The third-order valence-electron chi connectivity index (χ3n) is 2.83. The zero-order valence-electron chi connectivity index (χ0n) is 11.2. The molecule has 3 rings (SSSR count). The highest BCUT2D eigenvalue weighted by atomic mass is 19.4. The van der Waals surface area contributed by atoms with Gasteiger partial charge in [-0.3, -0.25) is 4.98 Å². The molecule has 0 N–H and O–H groups in total. The first kappa shape index (κ1) is 14.1. The monoisotopic (exact) mass is 310 g/mol. The molecular formula is C13H9F3N4O2. The number of fused-ring (bicyclic) bond motifs is 1. The van der Waals surface area contributed by atoms with Gasteiger partial charge in [0.05, 0.1) is 19.0 Å². The maximum absolute atomic E-state index is 12.1. The fourth-order valence-electron chi connectivity index (χ4n) is 1.90. The summed E-state index contributed by atoms with van der Waals surface area (Å²) in [5, 5.41) is 7.67. The maximum atomic E-state index is 12.1. The van der Waals surface area contributed by atoms with Gasteiger partial charge in [-0.05, 0) is 24.3 Å². The molecule has 0 bridgehead atoms. The van der Waals surface area contributed by atoms with Gasteiger partial charge in [0, 0.05) is 11.8 Å². The van der Waals surface area contributed by atoms with E-state index in [2.05, 4.69) is 19.9 Å². The fourth-order valence-corrected chi connectivity index (χ4v) is 1.90. The summed E-state index contributed by atoms with van der Waals surface area (Å²) in [4.78, 5) is 4.19. The van der Waals surface area contributed by atoms with Gasteiger partial charge >= 0.3 is 12.4 Å². The van der Waals surface area contributed by atoms with Crippen molar-refractivity contribution in [3.8, 4) is 23.0 Å². The lowest BCUT2D eigenvalue weighted by molar-refractivity contribution is -0.274. The van der Waals surface area contributed by atoms with Crippen molar-refractivity contribution < 1.29 is 22.6 Å². The lowest BCUT2D eigenvalue weighted by atomic mass is 10.1. The van der Waals surface area contributed by atoms with Crippen LogP contribution in [0, 0.1) is 0 Å². The number of hydrogen-bond acceptors (Lipinski definition) is 5. The van der Waals surface area contributed by atoms with Crippen molar-refractivity contribution in [1.82, 2.24) is 19.6 Å². The van der Waals surface area contributed by atoms with Crippen molar-refractivity contribution in [1.29, 1.82) is 0 Å². The van der Waals surface area contributed by atoms with Gasteiger partial charge in [0.25, 0.3) is 0 Å². The van der Waals surface area contributed by atoms with Gasteiger partial charge in [-0.1, -0.05) is 5.10 Å². The van der Waals surface area contributed by atoms with Gasteiger partial charge in [-0.25, -0.2) is 4.40 Å². The second-order valence-corrected chi connectivity index (χ2v) is 4.26. The molecule has 2 aromatic heterocycles. The minimum Gasteiger partial charge on any atom is -0.467 e. The van der Waals surface area contributed by atoms with E-state index in [1.807, 2.05) is 0 Å². The minimum absolute atomic E-state index is 0.288. The third kappa shape index (κ3) is 2.78. The fraction of sp³-hybridized carbons (Fsp3) is 0.154. The summed E-state index contributed by atoms with van der Waals surface area (Å²) in [6.07, 6.45) is -1.59. The Labute approximate surface area is 122 Å². The maximum Gasteiger partial charge on any atom is 0.573 e. The van der Waals surface area contributed by atoms with E-state index in [1.54, 1.807) is 10.6 Å². The molecule has 0 fully saturated rings. The van der Waals surface area contributed by atoms with E-state index in [-0.39, 0.29) is 11.8 Å². The van der Waals surface area contributed by atoms with E-state index in [1.165, 1.54) is 37.6 Å². The Morgan fingerprint density at radius 1 is 1.09 bits per heavy atom. The first-order valence-corrected chi connectivity index (χ1v) is 6.07. The molecule has 114 valence electrons. The molecular weight excluding hydrogens is 301 g/mol. The van der Waals surface area contributed by atoms with E-state index in [0.29, 0.717) is 16.9 Å². The highest BCUT2D eigenvalue weighted by molar-refractivity contribution is 5.60. The smallest absolute Gasteiger partial charge is 0.467 e. The Kier molecular flexibility index (Phi) is 3.32. The normalized spacial score (nSPS) is 11.6. The Bertz CT molecular complexity index is 799. The first-order valence-electron chi connectivity index (χ1n) is 6.07. The number of halogens is 3. The molecule has 0 radical (unpaired) electrons. The summed E-state index contributed by atoms with van der Waals surface area (Å²) in [5.74, 6) is -0.292. The molecule has 0 aliphatic carbocycles. The predicted molar refractivity (Wildman–Crippen MR) is 69.5 cm³/mol. The zero-order chi connectivity index (χ0) is 15.7. The lowest BCUT2D eigenvalue weighted by Crippen LogP contribution is -2.16. The van der Waals surface area contributed by atoms with E-state index in [4.69, 9.17) is 4.74 Å². The highest BCUT2D eigenvalue weighted by Crippen LogP contribution is 2.26. The molecule has 2 heterocycles. The summed E-state index contributed by atoms with van der Waals surface area (Å²) in [7, 11) is 1.46. The molecule has 0 aliphatic heterocycles. The van der Waals surface area contributed by atoms with E-state index in [9.17, 15) is 13.2 Å². The van der Waals surface area contributed by atoms with Crippen molar-refractivity contribution in [2.24, 2.45) is 0 Å². The van der Waals surface area contributed by atoms with Gasteiger partial charge in [0.1, 0.15) is 5.75 Å². The number of ether oxygens (including phenoxy) is 2. The van der Waals surface area contributed by atoms with E-state index < -0.39 is 6.36 Å². The van der Waals surface area contributed by atoms with Crippen LogP contribution in [0.4, 0.5) is 13.2 Å². The summed E-state index contributed by atoms with van der Waals surface area (Å²) in [6.45, 7) is 0. The number of benzene rings is 1. The quantitative estimate of drug-likeness (QED) is 0.744. The SMILES string of the molecule is COc1nnc2cnc(-c3ccc(OC(F)(F)F)cc3)cn12. The van der Waals surface area contributed by atoms with E-state index in [0.717, 1.165) is 0 Å². The molecule has 0 saturated heterocycles. The molecule has 0 spiro atoms. The summed E-state index contributed by atoms with van der Waals surface area (Å²) >= 11 is 0. The van der Waals surface area contributed by atoms with Crippen molar-refractivity contribution >= 4 is 5.65 Å². The van der Waals surface area contributed by atoms with Gasteiger partial charge in [-0.2, -0.15) is 0 Å². The molecule has 9 heteroatoms. The Hall–Kier alpha value is -2.84. The predicted octanol–water partition coefficient (Wildman–Crippen LogP) is 2.70. The number of nitrogens with zero attached hydrogens (tertiary/aromatic N) is 4. The average molecular weight is 310 g/mol. The van der Waals surface area contributed by atoms with Gasteiger partial charge in [0.2, 0.25) is 0 Å². The van der Waals surface area contributed by atoms with Gasteiger partial charge in [0.15, 0.2) is 5.65 Å². The van der Waals surface area contributed by atoms with Crippen molar-refractivity contribution in [2.45, 2.75) is 6.36 Å². The van der Waals surface area contributed by atoms with Crippen LogP contribution in [0.3, 0.4) is 0 Å². The van der Waals surface area contributed by atoms with Crippen LogP contribution >= 0.6 is 0 Å². The topological polar surface area (TPSA) is 61.5 Å². The number of aromatic nitrogens is 4. The molecule has 3 aromatic rings. The minimum atomic E-state index is -4.71. The van der Waals surface area contributed by atoms with Crippen molar-refractivity contribution in [3.05, 3.63) is 36.7 Å². The zero-order valence-corrected chi connectivity index (χ0v) is 11.2. The Morgan fingerprint density at radius 2 is 1.82 bits per heavy atom. The summed E-state index contributed by atoms with van der Waals surface area (Å²) < 4.78 is 46.8. The number of methoxy groups -OCH3 is 1. The molecule has 0 amide bonds. The first-order chi connectivity index (χ1) is 10.5. The Balaban J connectivity index is 1.93. The largest absolute Gasteiger partial charge is 0.573 e. The molecule has 22 heavy (non-hydrogen) atoms. The van der Waals surface area contributed by atoms with Crippen LogP contribution in [0.1, 0.15) is 0 Å².